The molecule has 0 bridgehead atoms. The number of nitrogens with zero attached hydrogens (tertiary/aromatic N) is 2. The van der Waals surface area contributed by atoms with Crippen LogP contribution in [0.2, 0.25) is 0 Å². The number of benzene rings is 2. The summed E-state index contributed by atoms with van der Waals surface area (Å²) in [6.45, 7) is 1.70. The molecule has 106 valence electrons. The van der Waals surface area contributed by atoms with Crippen molar-refractivity contribution >= 4 is 5.69 Å². The lowest BCUT2D eigenvalue weighted by Crippen LogP contribution is -1.97. The zero-order valence-corrected chi connectivity index (χ0v) is 11.5. The lowest BCUT2D eigenvalue weighted by atomic mass is 10.1. The smallest absolute Gasteiger partial charge is 0.311 e. The van der Waals surface area contributed by atoms with Gasteiger partial charge in [0.25, 0.3) is 0 Å². The Morgan fingerprint density at radius 3 is 2.67 bits per heavy atom. The predicted molar refractivity (Wildman–Crippen MR) is 75.6 cm³/mol. The normalized spacial score (nSPS) is 9.76. The van der Waals surface area contributed by atoms with Crippen molar-refractivity contribution in [3.05, 3.63) is 57.6 Å². The van der Waals surface area contributed by atoms with Crippen molar-refractivity contribution in [1.29, 1.82) is 5.26 Å². The number of para-hydroxylation sites is 1. The molecule has 0 aromatic heterocycles. The average molecular weight is 284 g/mol. The first-order valence-electron chi connectivity index (χ1n) is 6.07. The molecule has 0 N–H and O–H groups in total. The highest BCUT2D eigenvalue weighted by Gasteiger charge is 2.19. The van der Waals surface area contributed by atoms with E-state index in [4.69, 9.17) is 14.7 Å². The molecular weight excluding hydrogens is 272 g/mol. The number of nitro benzene ring substituents is 1. The van der Waals surface area contributed by atoms with Crippen LogP contribution in [0.3, 0.4) is 0 Å². The Balaban J connectivity index is 2.53. The van der Waals surface area contributed by atoms with Crippen molar-refractivity contribution in [3.8, 4) is 23.3 Å². The van der Waals surface area contributed by atoms with E-state index in [1.54, 1.807) is 25.1 Å². The zero-order valence-electron chi connectivity index (χ0n) is 11.5. The van der Waals surface area contributed by atoms with Gasteiger partial charge in [-0.3, -0.25) is 10.1 Å². The molecule has 0 aliphatic heterocycles. The molecule has 2 aromatic carbocycles. The van der Waals surface area contributed by atoms with Crippen LogP contribution in [0, 0.1) is 28.4 Å². The summed E-state index contributed by atoms with van der Waals surface area (Å²) in [5, 5.41) is 20.2. The van der Waals surface area contributed by atoms with E-state index in [9.17, 15) is 10.1 Å². The number of nitro groups is 1. The number of hydrogen-bond donors (Lipinski definition) is 0. The summed E-state index contributed by atoms with van der Waals surface area (Å²) in [5.74, 6) is 0.835. The van der Waals surface area contributed by atoms with Crippen LogP contribution in [0.25, 0.3) is 0 Å². The van der Waals surface area contributed by atoms with Crippen LogP contribution in [0.4, 0.5) is 5.69 Å². The van der Waals surface area contributed by atoms with Gasteiger partial charge in [-0.15, -0.1) is 0 Å². The van der Waals surface area contributed by atoms with Gasteiger partial charge >= 0.3 is 5.69 Å². The van der Waals surface area contributed by atoms with E-state index in [-0.39, 0.29) is 22.7 Å². The fourth-order valence-corrected chi connectivity index (χ4v) is 1.83. The highest BCUT2D eigenvalue weighted by Crippen LogP contribution is 2.36. The topological polar surface area (TPSA) is 85.4 Å². The molecule has 0 aliphatic rings. The third kappa shape index (κ3) is 2.92. The van der Waals surface area contributed by atoms with Gasteiger partial charge < -0.3 is 9.47 Å². The van der Waals surface area contributed by atoms with Gasteiger partial charge in [0, 0.05) is 12.1 Å². The number of aryl methyl sites for hydroxylation is 1. The van der Waals surface area contributed by atoms with Crippen LogP contribution in [0.15, 0.2) is 36.4 Å². The highest BCUT2D eigenvalue weighted by molar-refractivity contribution is 5.56. The second-order valence-electron chi connectivity index (χ2n) is 4.26. The zero-order chi connectivity index (χ0) is 15.4. The molecule has 21 heavy (non-hydrogen) atoms. The van der Waals surface area contributed by atoms with Crippen LogP contribution in [-0.4, -0.2) is 12.0 Å². The number of methoxy groups -OCH3 is 1. The van der Waals surface area contributed by atoms with Gasteiger partial charge in [0.05, 0.1) is 17.6 Å². The Bertz CT molecular complexity index is 735. The van der Waals surface area contributed by atoms with Gasteiger partial charge in [-0.05, 0) is 24.6 Å². The van der Waals surface area contributed by atoms with Gasteiger partial charge in [-0.2, -0.15) is 5.26 Å². The minimum absolute atomic E-state index is 0.118. The first-order chi connectivity index (χ1) is 10.1. The molecule has 0 fully saturated rings. The quantitative estimate of drug-likeness (QED) is 0.632. The van der Waals surface area contributed by atoms with Crippen molar-refractivity contribution in [3.63, 3.8) is 0 Å². The monoisotopic (exact) mass is 284 g/mol. The predicted octanol–water partition coefficient (Wildman–Crippen LogP) is 3.58. The second-order valence-corrected chi connectivity index (χ2v) is 4.26. The van der Waals surface area contributed by atoms with Crippen molar-refractivity contribution in [2.45, 2.75) is 6.92 Å². The lowest BCUT2D eigenvalue weighted by molar-refractivity contribution is -0.385. The van der Waals surface area contributed by atoms with Gasteiger partial charge in [-0.25, -0.2) is 0 Å². The van der Waals surface area contributed by atoms with E-state index in [0.717, 1.165) is 0 Å². The number of ether oxygens (including phenoxy) is 2. The Morgan fingerprint density at radius 1 is 1.29 bits per heavy atom. The molecule has 0 unspecified atom stereocenters. The summed E-state index contributed by atoms with van der Waals surface area (Å²) in [7, 11) is 1.49. The van der Waals surface area contributed by atoms with Gasteiger partial charge in [-0.1, -0.05) is 12.1 Å². The largest absolute Gasteiger partial charge is 0.497 e. The van der Waals surface area contributed by atoms with Gasteiger partial charge in [0.15, 0.2) is 0 Å². The Labute approximate surface area is 121 Å². The fourth-order valence-electron chi connectivity index (χ4n) is 1.83. The molecular formula is C15H12N2O4. The van der Waals surface area contributed by atoms with E-state index in [1.165, 1.54) is 25.3 Å². The van der Waals surface area contributed by atoms with Gasteiger partial charge in [0.1, 0.15) is 17.6 Å². The van der Waals surface area contributed by atoms with Crippen LogP contribution in [0.5, 0.6) is 17.2 Å². The highest BCUT2D eigenvalue weighted by atomic mass is 16.6. The third-order valence-corrected chi connectivity index (χ3v) is 2.91. The van der Waals surface area contributed by atoms with Crippen LogP contribution < -0.4 is 9.47 Å². The first-order valence-corrected chi connectivity index (χ1v) is 6.07. The molecule has 0 heterocycles. The SMILES string of the molecule is COc1ccc(C#N)c(Oc2c(C)cccc2[N+](=O)[O-])c1. The summed E-state index contributed by atoms with van der Waals surface area (Å²) < 4.78 is 10.7. The molecule has 6 nitrogen and oxygen atoms in total. The molecule has 6 heteroatoms. The van der Waals surface area contributed by atoms with Crippen molar-refractivity contribution in [2.24, 2.45) is 0 Å². The minimum atomic E-state index is -0.519. The summed E-state index contributed by atoms with van der Waals surface area (Å²) in [4.78, 5) is 10.6. The lowest BCUT2D eigenvalue weighted by Gasteiger charge is -2.11. The van der Waals surface area contributed by atoms with E-state index in [1.807, 2.05) is 6.07 Å². The molecule has 0 radical (unpaired) electrons. The fraction of sp³-hybridized carbons (Fsp3) is 0.133. The summed E-state index contributed by atoms with van der Waals surface area (Å²) >= 11 is 0. The molecule has 0 atom stereocenters. The van der Waals surface area contributed by atoms with Crippen LogP contribution in [-0.2, 0) is 0 Å². The van der Waals surface area contributed by atoms with Crippen LogP contribution in [0.1, 0.15) is 11.1 Å². The minimum Gasteiger partial charge on any atom is -0.497 e. The summed E-state index contributed by atoms with van der Waals surface area (Å²) in [6, 6.07) is 11.3. The molecule has 0 aliphatic carbocycles. The maximum absolute atomic E-state index is 11.1. The van der Waals surface area contributed by atoms with E-state index in [2.05, 4.69) is 0 Å². The Hall–Kier alpha value is -3.07. The molecule has 2 aromatic rings. The number of hydrogen-bond acceptors (Lipinski definition) is 5. The third-order valence-electron chi connectivity index (χ3n) is 2.91. The maximum Gasteiger partial charge on any atom is 0.311 e. The molecule has 0 spiro atoms. The van der Waals surface area contributed by atoms with Gasteiger partial charge in [0.2, 0.25) is 5.75 Å². The molecule has 0 amide bonds. The Kier molecular flexibility index (Phi) is 4.05. The van der Waals surface area contributed by atoms with Crippen molar-refractivity contribution in [2.75, 3.05) is 7.11 Å². The van der Waals surface area contributed by atoms with Crippen LogP contribution >= 0.6 is 0 Å². The van der Waals surface area contributed by atoms with E-state index < -0.39 is 4.92 Å². The van der Waals surface area contributed by atoms with Crippen molar-refractivity contribution < 1.29 is 14.4 Å². The molecule has 0 saturated carbocycles. The van der Waals surface area contributed by atoms with Crippen molar-refractivity contribution in [1.82, 2.24) is 0 Å². The van der Waals surface area contributed by atoms with E-state index in [0.29, 0.717) is 11.3 Å². The standard InChI is InChI=1S/C15H12N2O4/c1-10-4-3-5-13(17(18)19)15(10)21-14-8-12(20-2)7-6-11(14)9-16/h3-8H,1-2H3. The second kappa shape index (κ2) is 5.92. The average Bonchev–Trinajstić information content (AvgIpc) is 2.48. The molecule has 2 rings (SSSR count). The molecule has 0 saturated heterocycles. The summed E-state index contributed by atoms with van der Waals surface area (Å²) in [6.07, 6.45) is 0. The van der Waals surface area contributed by atoms with E-state index >= 15 is 0 Å². The number of nitriles is 1. The number of rotatable bonds is 4. The summed E-state index contributed by atoms with van der Waals surface area (Å²) in [5.41, 5.74) is 0.728. The first kappa shape index (κ1) is 14.3. The maximum atomic E-state index is 11.1. The Morgan fingerprint density at radius 2 is 2.05 bits per heavy atom.